The third-order valence-electron chi connectivity index (χ3n) is 2.61. The number of carboxylic acids is 1. The molecule has 1 aromatic rings. The summed E-state index contributed by atoms with van der Waals surface area (Å²) >= 11 is 0. The molecule has 0 aromatic carbocycles. The molecule has 1 rings (SSSR count). The molecule has 0 saturated carbocycles. The molecule has 104 valence electrons. The lowest BCUT2D eigenvalue weighted by Gasteiger charge is -2.14. The standard InChI is InChI=1S/C13H19N3O3/c1-3-4-11(12(17)18)16-13(19)15-8-10-6-5-9(2)14-7-10/h5-7,11H,3-4,8H2,1-2H3,(H,17,18)(H2,15,16,19). The Bertz CT molecular complexity index is 431. The SMILES string of the molecule is CCCC(NC(=O)NCc1ccc(C)nc1)C(=O)O. The fourth-order valence-electron chi connectivity index (χ4n) is 1.54. The minimum absolute atomic E-state index is 0.317. The summed E-state index contributed by atoms with van der Waals surface area (Å²) in [5, 5.41) is 14.0. The number of carbonyl (C=O) groups excluding carboxylic acids is 1. The van der Waals surface area contributed by atoms with E-state index in [1.165, 1.54) is 0 Å². The van der Waals surface area contributed by atoms with Crippen LogP contribution in [-0.2, 0) is 11.3 Å². The van der Waals surface area contributed by atoms with Crippen molar-refractivity contribution in [3.8, 4) is 0 Å². The van der Waals surface area contributed by atoms with Crippen molar-refractivity contribution in [3.05, 3.63) is 29.6 Å². The number of aromatic nitrogens is 1. The summed E-state index contributed by atoms with van der Waals surface area (Å²) in [5.41, 5.74) is 1.77. The van der Waals surface area contributed by atoms with Crippen molar-refractivity contribution >= 4 is 12.0 Å². The average molecular weight is 265 g/mol. The largest absolute Gasteiger partial charge is 0.480 e. The Labute approximate surface area is 112 Å². The molecule has 6 heteroatoms. The topological polar surface area (TPSA) is 91.3 Å². The van der Waals surface area contributed by atoms with E-state index in [-0.39, 0.29) is 0 Å². The fraction of sp³-hybridized carbons (Fsp3) is 0.462. The number of nitrogens with zero attached hydrogens (tertiary/aromatic N) is 1. The lowest BCUT2D eigenvalue weighted by atomic mass is 10.2. The average Bonchev–Trinajstić information content (AvgIpc) is 2.37. The number of aryl methyl sites for hydroxylation is 1. The molecule has 19 heavy (non-hydrogen) atoms. The Hall–Kier alpha value is -2.11. The molecule has 1 aromatic heterocycles. The van der Waals surface area contributed by atoms with E-state index in [0.717, 1.165) is 11.3 Å². The van der Waals surface area contributed by atoms with Crippen LogP contribution in [0, 0.1) is 6.92 Å². The van der Waals surface area contributed by atoms with E-state index in [0.29, 0.717) is 19.4 Å². The fourth-order valence-corrected chi connectivity index (χ4v) is 1.54. The van der Waals surface area contributed by atoms with Gasteiger partial charge in [-0.15, -0.1) is 0 Å². The van der Waals surface area contributed by atoms with Crippen LogP contribution in [0.5, 0.6) is 0 Å². The third kappa shape index (κ3) is 5.37. The van der Waals surface area contributed by atoms with Gasteiger partial charge in [0.2, 0.25) is 0 Å². The quantitative estimate of drug-likeness (QED) is 0.726. The number of carboxylic acid groups (broad SMARTS) is 1. The van der Waals surface area contributed by atoms with Crippen molar-refractivity contribution in [1.82, 2.24) is 15.6 Å². The van der Waals surface area contributed by atoms with Gasteiger partial charge in [0.1, 0.15) is 6.04 Å². The number of hydrogen-bond acceptors (Lipinski definition) is 3. The minimum Gasteiger partial charge on any atom is -0.480 e. The molecule has 6 nitrogen and oxygen atoms in total. The van der Waals surface area contributed by atoms with E-state index >= 15 is 0 Å². The lowest BCUT2D eigenvalue weighted by Crippen LogP contribution is -2.45. The first-order valence-corrected chi connectivity index (χ1v) is 6.21. The highest BCUT2D eigenvalue weighted by atomic mass is 16.4. The zero-order valence-corrected chi connectivity index (χ0v) is 11.1. The van der Waals surface area contributed by atoms with Gasteiger partial charge >= 0.3 is 12.0 Å². The molecule has 2 amide bonds. The second-order valence-electron chi connectivity index (χ2n) is 4.31. The highest BCUT2D eigenvalue weighted by Gasteiger charge is 2.18. The molecule has 0 saturated heterocycles. The number of aliphatic carboxylic acids is 1. The maximum atomic E-state index is 11.6. The summed E-state index contributed by atoms with van der Waals surface area (Å²) in [7, 11) is 0. The minimum atomic E-state index is -1.02. The zero-order chi connectivity index (χ0) is 14.3. The number of amides is 2. The van der Waals surface area contributed by atoms with Crippen LogP contribution in [0.15, 0.2) is 18.3 Å². The van der Waals surface area contributed by atoms with Crippen LogP contribution in [0.4, 0.5) is 4.79 Å². The number of pyridine rings is 1. The number of nitrogens with one attached hydrogen (secondary N) is 2. The second kappa shape index (κ2) is 7.35. The van der Waals surface area contributed by atoms with Gasteiger partial charge in [-0.3, -0.25) is 4.98 Å². The summed E-state index contributed by atoms with van der Waals surface area (Å²) in [6.07, 6.45) is 2.78. The molecule has 1 unspecified atom stereocenters. The first-order chi connectivity index (χ1) is 9.02. The predicted molar refractivity (Wildman–Crippen MR) is 70.7 cm³/mol. The van der Waals surface area contributed by atoms with Gasteiger partial charge in [-0.25, -0.2) is 9.59 Å². The van der Waals surface area contributed by atoms with Gasteiger partial charge in [0.25, 0.3) is 0 Å². The Morgan fingerprint density at radius 3 is 2.68 bits per heavy atom. The van der Waals surface area contributed by atoms with Gasteiger partial charge in [0.15, 0.2) is 0 Å². The van der Waals surface area contributed by atoms with Gasteiger partial charge in [0.05, 0.1) is 0 Å². The van der Waals surface area contributed by atoms with E-state index in [9.17, 15) is 9.59 Å². The van der Waals surface area contributed by atoms with Crippen molar-refractivity contribution in [2.24, 2.45) is 0 Å². The molecule has 0 spiro atoms. The maximum Gasteiger partial charge on any atom is 0.326 e. The van der Waals surface area contributed by atoms with E-state index in [2.05, 4.69) is 15.6 Å². The molecule has 1 atom stereocenters. The molecule has 0 aliphatic rings. The van der Waals surface area contributed by atoms with E-state index in [1.54, 1.807) is 6.20 Å². The van der Waals surface area contributed by atoms with Crippen LogP contribution in [0.3, 0.4) is 0 Å². The van der Waals surface area contributed by atoms with Crippen LogP contribution in [0.2, 0.25) is 0 Å². The maximum absolute atomic E-state index is 11.6. The number of carbonyl (C=O) groups is 2. The van der Waals surface area contributed by atoms with Crippen LogP contribution < -0.4 is 10.6 Å². The zero-order valence-electron chi connectivity index (χ0n) is 11.1. The summed E-state index contributed by atoms with van der Waals surface area (Å²) in [6, 6.07) is 2.39. The molecule has 1 heterocycles. The highest BCUT2D eigenvalue weighted by Crippen LogP contribution is 1.99. The van der Waals surface area contributed by atoms with Crippen LogP contribution in [0.1, 0.15) is 31.0 Å². The van der Waals surface area contributed by atoms with Gasteiger partial charge < -0.3 is 15.7 Å². The van der Waals surface area contributed by atoms with Crippen molar-refractivity contribution in [2.75, 3.05) is 0 Å². The van der Waals surface area contributed by atoms with Crippen molar-refractivity contribution in [2.45, 2.75) is 39.3 Å². The molecule has 0 radical (unpaired) electrons. The van der Waals surface area contributed by atoms with Crippen molar-refractivity contribution in [3.63, 3.8) is 0 Å². The molecular weight excluding hydrogens is 246 g/mol. The normalized spacial score (nSPS) is 11.7. The Balaban J connectivity index is 2.42. The number of urea groups is 1. The van der Waals surface area contributed by atoms with Crippen molar-refractivity contribution in [1.29, 1.82) is 0 Å². The van der Waals surface area contributed by atoms with Crippen molar-refractivity contribution < 1.29 is 14.7 Å². The van der Waals surface area contributed by atoms with Gasteiger partial charge in [0, 0.05) is 18.4 Å². The van der Waals surface area contributed by atoms with E-state index < -0.39 is 18.0 Å². The third-order valence-corrected chi connectivity index (χ3v) is 2.61. The van der Waals surface area contributed by atoms with Gasteiger partial charge in [-0.1, -0.05) is 19.4 Å². The predicted octanol–water partition coefficient (Wildman–Crippen LogP) is 1.44. The Morgan fingerprint density at radius 2 is 2.16 bits per heavy atom. The lowest BCUT2D eigenvalue weighted by molar-refractivity contribution is -0.139. The van der Waals surface area contributed by atoms with E-state index in [1.807, 2.05) is 26.0 Å². The molecule has 0 bridgehead atoms. The van der Waals surface area contributed by atoms with Gasteiger partial charge in [-0.05, 0) is 25.0 Å². The molecule has 3 N–H and O–H groups in total. The van der Waals surface area contributed by atoms with Crippen LogP contribution in [0.25, 0.3) is 0 Å². The van der Waals surface area contributed by atoms with Crippen LogP contribution >= 0.6 is 0 Å². The monoisotopic (exact) mass is 265 g/mol. The summed E-state index contributed by atoms with van der Waals surface area (Å²) in [4.78, 5) is 26.6. The molecular formula is C13H19N3O3. The molecule has 0 fully saturated rings. The van der Waals surface area contributed by atoms with E-state index in [4.69, 9.17) is 5.11 Å². The van der Waals surface area contributed by atoms with Gasteiger partial charge in [-0.2, -0.15) is 0 Å². The first kappa shape index (κ1) is 14.9. The summed E-state index contributed by atoms with van der Waals surface area (Å²) in [5.74, 6) is -1.02. The smallest absolute Gasteiger partial charge is 0.326 e. The Kier molecular flexibility index (Phi) is 5.78. The first-order valence-electron chi connectivity index (χ1n) is 6.21. The Morgan fingerprint density at radius 1 is 1.42 bits per heavy atom. The molecule has 0 aliphatic heterocycles. The highest BCUT2D eigenvalue weighted by molar-refractivity contribution is 5.82. The molecule has 0 aliphatic carbocycles. The van der Waals surface area contributed by atoms with Crippen LogP contribution in [-0.4, -0.2) is 28.1 Å². The number of hydrogen-bond donors (Lipinski definition) is 3. The summed E-state index contributed by atoms with van der Waals surface area (Å²) in [6.45, 7) is 4.07. The second-order valence-corrected chi connectivity index (χ2v) is 4.31. The number of rotatable bonds is 6. The summed E-state index contributed by atoms with van der Waals surface area (Å²) < 4.78 is 0.